The van der Waals surface area contributed by atoms with Crippen molar-refractivity contribution < 1.29 is 39.0 Å². The molecule has 3 N–H and O–H groups in total. The molecule has 5 atom stereocenters. The topological polar surface area (TPSA) is 107 Å². The van der Waals surface area contributed by atoms with Crippen molar-refractivity contribution in [2.45, 2.75) is 18.5 Å². The van der Waals surface area contributed by atoms with Crippen molar-refractivity contribution in [1.82, 2.24) is 0 Å². The largest absolute Gasteiger partial charge is 0.504 e. The summed E-state index contributed by atoms with van der Waals surface area (Å²) in [4.78, 5) is 0. The van der Waals surface area contributed by atoms with Crippen LogP contribution in [0.5, 0.6) is 28.7 Å². The number of phenols is 2. The second-order valence-corrected chi connectivity index (χ2v) is 7.15. The molecule has 8 heteroatoms. The van der Waals surface area contributed by atoms with Crippen LogP contribution >= 0.6 is 0 Å². The maximum atomic E-state index is 10.7. The van der Waals surface area contributed by atoms with Crippen molar-refractivity contribution >= 4 is 0 Å². The summed E-state index contributed by atoms with van der Waals surface area (Å²) in [6.07, 6.45) is -1.90. The fraction of sp³-hybridized carbons (Fsp3) is 0.429. The number of methoxy groups -OCH3 is 3. The van der Waals surface area contributed by atoms with Gasteiger partial charge >= 0.3 is 0 Å². The van der Waals surface area contributed by atoms with Crippen LogP contribution in [0.25, 0.3) is 0 Å². The van der Waals surface area contributed by atoms with Crippen LogP contribution in [-0.2, 0) is 9.47 Å². The highest BCUT2D eigenvalue weighted by molar-refractivity contribution is 5.53. The van der Waals surface area contributed by atoms with E-state index in [-0.39, 0.29) is 34.8 Å². The Kier molecular flexibility index (Phi) is 5.16. The maximum Gasteiger partial charge on any atom is 0.200 e. The zero-order valence-electron chi connectivity index (χ0n) is 16.4. The van der Waals surface area contributed by atoms with Gasteiger partial charge in [0.25, 0.3) is 0 Å². The normalized spacial score (nSPS) is 28.2. The van der Waals surface area contributed by atoms with E-state index in [2.05, 4.69) is 0 Å². The first-order valence-corrected chi connectivity index (χ1v) is 9.25. The lowest BCUT2D eigenvalue weighted by Gasteiger charge is -2.21. The number of hydrogen-bond donors (Lipinski definition) is 3. The standard InChI is InChI=1S/C21H24O8/c1-25-14-6-10(4-5-13(14)22)19-12-9-28-20(17(12)21(24)29-19)11-7-15(26-2)18(23)16(8-11)27-3/h4-8,12,17,19-24H,9H2,1-3H3/t12-,17-,19+,20+,21+/m0/s1. The monoisotopic (exact) mass is 404 g/mol. The Morgan fingerprint density at radius 2 is 1.48 bits per heavy atom. The van der Waals surface area contributed by atoms with Gasteiger partial charge in [0.05, 0.1) is 40.1 Å². The predicted octanol–water partition coefficient (Wildman–Crippen LogP) is 2.52. The van der Waals surface area contributed by atoms with Gasteiger partial charge in [0.2, 0.25) is 5.75 Å². The lowest BCUT2D eigenvalue weighted by atomic mass is 9.84. The van der Waals surface area contributed by atoms with Crippen molar-refractivity contribution in [3.63, 3.8) is 0 Å². The number of fused-ring (bicyclic) bond motifs is 1. The Morgan fingerprint density at radius 1 is 0.862 bits per heavy atom. The molecule has 0 spiro atoms. The molecule has 156 valence electrons. The number of hydrogen-bond acceptors (Lipinski definition) is 8. The van der Waals surface area contributed by atoms with E-state index < -0.39 is 18.5 Å². The third-order valence-electron chi connectivity index (χ3n) is 5.68. The summed E-state index contributed by atoms with van der Waals surface area (Å²) in [5.41, 5.74) is 1.51. The Hall–Kier alpha value is -2.68. The van der Waals surface area contributed by atoms with Gasteiger partial charge in [-0.2, -0.15) is 0 Å². The minimum Gasteiger partial charge on any atom is -0.504 e. The lowest BCUT2D eigenvalue weighted by molar-refractivity contribution is -0.134. The molecule has 8 nitrogen and oxygen atoms in total. The first-order chi connectivity index (χ1) is 14.0. The molecule has 2 aromatic carbocycles. The van der Waals surface area contributed by atoms with E-state index in [4.69, 9.17) is 23.7 Å². The third-order valence-corrected chi connectivity index (χ3v) is 5.68. The van der Waals surface area contributed by atoms with Crippen LogP contribution in [0, 0.1) is 11.8 Å². The minimum absolute atomic E-state index is 0.0372. The third kappa shape index (κ3) is 3.23. The molecule has 0 unspecified atom stereocenters. The van der Waals surface area contributed by atoms with Gasteiger partial charge in [0, 0.05) is 11.8 Å². The molecule has 2 heterocycles. The fourth-order valence-corrected chi connectivity index (χ4v) is 4.25. The lowest BCUT2D eigenvalue weighted by Crippen LogP contribution is -2.22. The fourth-order valence-electron chi connectivity index (χ4n) is 4.25. The van der Waals surface area contributed by atoms with Gasteiger partial charge in [0.1, 0.15) is 0 Å². The van der Waals surface area contributed by atoms with Gasteiger partial charge < -0.3 is 39.0 Å². The summed E-state index contributed by atoms with van der Waals surface area (Å²) in [5, 5.41) is 30.7. The molecule has 0 bridgehead atoms. The maximum absolute atomic E-state index is 10.7. The highest BCUT2D eigenvalue weighted by Crippen LogP contribution is 2.54. The van der Waals surface area contributed by atoms with Crippen LogP contribution in [0.3, 0.4) is 0 Å². The van der Waals surface area contributed by atoms with Gasteiger partial charge in [-0.05, 0) is 35.4 Å². The molecular weight excluding hydrogens is 380 g/mol. The van der Waals surface area contributed by atoms with E-state index in [9.17, 15) is 15.3 Å². The van der Waals surface area contributed by atoms with E-state index in [0.717, 1.165) is 11.1 Å². The first kappa shape index (κ1) is 19.6. The molecule has 2 aromatic rings. The predicted molar refractivity (Wildman–Crippen MR) is 101 cm³/mol. The summed E-state index contributed by atoms with van der Waals surface area (Å²) in [6, 6.07) is 8.34. The van der Waals surface area contributed by atoms with Gasteiger partial charge in [-0.15, -0.1) is 0 Å². The van der Waals surface area contributed by atoms with Crippen LogP contribution in [0.15, 0.2) is 30.3 Å². The van der Waals surface area contributed by atoms with Crippen molar-refractivity contribution in [3.05, 3.63) is 41.5 Å². The van der Waals surface area contributed by atoms with Crippen LogP contribution < -0.4 is 14.2 Å². The van der Waals surface area contributed by atoms with Crippen molar-refractivity contribution in [2.75, 3.05) is 27.9 Å². The second kappa shape index (κ2) is 7.62. The summed E-state index contributed by atoms with van der Waals surface area (Å²) >= 11 is 0. The number of aromatic hydroxyl groups is 2. The average molecular weight is 404 g/mol. The van der Waals surface area contributed by atoms with Gasteiger partial charge in [0.15, 0.2) is 29.3 Å². The zero-order chi connectivity index (χ0) is 20.7. The zero-order valence-corrected chi connectivity index (χ0v) is 16.4. The molecule has 2 saturated heterocycles. The number of ether oxygens (including phenoxy) is 5. The quantitative estimate of drug-likeness (QED) is 0.698. The molecule has 0 aromatic heterocycles. The van der Waals surface area contributed by atoms with Gasteiger partial charge in [-0.3, -0.25) is 0 Å². The van der Waals surface area contributed by atoms with Gasteiger partial charge in [-0.25, -0.2) is 0 Å². The second-order valence-electron chi connectivity index (χ2n) is 7.15. The van der Waals surface area contributed by atoms with E-state index in [1.165, 1.54) is 21.3 Å². The number of phenolic OH excluding ortho intramolecular Hbond substituents is 2. The molecule has 0 radical (unpaired) electrons. The molecule has 0 aliphatic carbocycles. The smallest absolute Gasteiger partial charge is 0.200 e. The summed E-state index contributed by atoms with van der Waals surface area (Å²) in [7, 11) is 4.39. The summed E-state index contributed by atoms with van der Waals surface area (Å²) < 4.78 is 27.6. The van der Waals surface area contributed by atoms with Gasteiger partial charge in [-0.1, -0.05) is 6.07 Å². The van der Waals surface area contributed by atoms with Crippen molar-refractivity contribution in [2.24, 2.45) is 11.8 Å². The molecule has 29 heavy (non-hydrogen) atoms. The van der Waals surface area contributed by atoms with E-state index in [1.807, 2.05) is 0 Å². The SMILES string of the molecule is COc1cc([C@H]2O[C@@H](O)[C@H]3[C@@H]2CO[C@@H]3c2cc(OC)c(O)c(OC)c2)ccc1O. The number of rotatable bonds is 5. The Labute approximate surface area is 168 Å². The molecular formula is C21H24O8. The van der Waals surface area contributed by atoms with E-state index in [0.29, 0.717) is 12.4 Å². The van der Waals surface area contributed by atoms with Crippen molar-refractivity contribution in [1.29, 1.82) is 0 Å². The molecule has 0 saturated carbocycles. The Morgan fingerprint density at radius 3 is 2.10 bits per heavy atom. The number of aliphatic hydroxyl groups is 1. The van der Waals surface area contributed by atoms with Crippen LogP contribution in [0.2, 0.25) is 0 Å². The van der Waals surface area contributed by atoms with Crippen molar-refractivity contribution in [3.8, 4) is 28.7 Å². The van der Waals surface area contributed by atoms with Crippen LogP contribution in [0.4, 0.5) is 0 Å². The first-order valence-electron chi connectivity index (χ1n) is 9.25. The highest BCUT2D eigenvalue weighted by Gasteiger charge is 2.53. The Balaban J connectivity index is 1.66. The molecule has 2 aliphatic heterocycles. The van der Waals surface area contributed by atoms with E-state index in [1.54, 1.807) is 30.3 Å². The Bertz CT molecular complexity index is 873. The molecule has 0 amide bonds. The molecule has 2 fully saturated rings. The molecule has 4 rings (SSSR count). The number of aliphatic hydroxyl groups excluding tert-OH is 1. The van der Waals surface area contributed by atoms with Crippen LogP contribution in [-0.4, -0.2) is 49.5 Å². The highest BCUT2D eigenvalue weighted by atomic mass is 16.6. The van der Waals surface area contributed by atoms with E-state index >= 15 is 0 Å². The molecule has 2 aliphatic rings. The summed E-state index contributed by atoms with van der Waals surface area (Å²) in [6.45, 7) is 0.381. The average Bonchev–Trinajstić information content (AvgIpc) is 3.30. The van der Waals surface area contributed by atoms with Crippen LogP contribution in [0.1, 0.15) is 23.3 Å². The minimum atomic E-state index is -1.04. The number of benzene rings is 2. The summed E-state index contributed by atoms with van der Waals surface area (Å²) in [5.74, 6) is 0.390.